The minimum absolute atomic E-state index is 0.273. The van der Waals surface area contributed by atoms with Crippen LogP contribution in [0.1, 0.15) is 27.6 Å². The fourth-order valence-electron chi connectivity index (χ4n) is 2.01. The average molecular weight is 291 g/mol. The molecule has 0 aliphatic heterocycles. The number of aliphatic hydroxyl groups excluding tert-OH is 1. The van der Waals surface area contributed by atoms with Gasteiger partial charge in [0.25, 0.3) is 5.91 Å². The number of amides is 1. The van der Waals surface area contributed by atoms with Crippen LogP contribution in [-0.2, 0) is 0 Å². The smallest absolute Gasteiger partial charge is 0.251 e. The second kappa shape index (κ2) is 6.45. The van der Waals surface area contributed by atoms with Crippen LogP contribution in [0.5, 0.6) is 0 Å². The van der Waals surface area contributed by atoms with E-state index in [-0.39, 0.29) is 6.54 Å². The number of aliphatic hydroxyl groups is 1. The van der Waals surface area contributed by atoms with Gasteiger partial charge in [-0.05, 0) is 31.2 Å². The molecule has 0 heterocycles. The average Bonchev–Trinajstić information content (AvgIpc) is 2.44. The largest absolute Gasteiger partial charge is 0.386 e. The number of aryl methyl sites for hydroxylation is 1. The Hall–Kier alpha value is -2.27. The first kappa shape index (κ1) is 15.1. The highest BCUT2D eigenvalue weighted by molar-refractivity contribution is 5.94. The topological polar surface area (TPSA) is 49.3 Å². The van der Waals surface area contributed by atoms with Gasteiger partial charge in [0, 0.05) is 12.1 Å². The van der Waals surface area contributed by atoms with Crippen LogP contribution >= 0.6 is 0 Å². The fraction of sp³-hybridized carbons (Fsp3) is 0.188. The van der Waals surface area contributed by atoms with Crippen molar-refractivity contribution >= 4 is 5.91 Å². The molecule has 0 aliphatic rings. The summed E-state index contributed by atoms with van der Waals surface area (Å²) in [6, 6.07) is 10.2. The monoisotopic (exact) mass is 291 g/mol. The maximum absolute atomic E-state index is 13.5. The first-order valence-electron chi connectivity index (χ1n) is 6.46. The van der Waals surface area contributed by atoms with Crippen molar-refractivity contribution in [3.05, 3.63) is 70.8 Å². The molecule has 0 aromatic heterocycles. The number of hydrogen-bond acceptors (Lipinski definition) is 2. The summed E-state index contributed by atoms with van der Waals surface area (Å²) in [5, 5.41) is 12.3. The maximum Gasteiger partial charge on any atom is 0.251 e. The van der Waals surface area contributed by atoms with E-state index in [2.05, 4.69) is 5.32 Å². The minimum Gasteiger partial charge on any atom is -0.386 e. The van der Waals surface area contributed by atoms with E-state index in [1.165, 1.54) is 6.07 Å². The van der Waals surface area contributed by atoms with Crippen molar-refractivity contribution in [2.75, 3.05) is 6.54 Å². The zero-order chi connectivity index (χ0) is 15.4. The Morgan fingerprint density at radius 1 is 1.19 bits per heavy atom. The van der Waals surface area contributed by atoms with Crippen LogP contribution in [0.3, 0.4) is 0 Å². The first-order valence-corrected chi connectivity index (χ1v) is 6.46. The highest BCUT2D eigenvalue weighted by Gasteiger charge is 2.18. The molecule has 0 aliphatic carbocycles. The lowest BCUT2D eigenvalue weighted by molar-refractivity contribution is 0.0911. The number of hydrogen-bond donors (Lipinski definition) is 2. The molecule has 21 heavy (non-hydrogen) atoms. The highest BCUT2D eigenvalue weighted by atomic mass is 19.1. The molecule has 0 saturated carbocycles. The van der Waals surface area contributed by atoms with E-state index in [9.17, 15) is 18.7 Å². The number of halogens is 2. The zero-order valence-corrected chi connectivity index (χ0v) is 11.4. The Kier molecular flexibility index (Phi) is 4.65. The van der Waals surface area contributed by atoms with E-state index in [1.807, 2.05) is 13.0 Å². The van der Waals surface area contributed by atoms with Gasteiger partial charge in [-0.3, -0.25) is 4.79 Å². The van der Waals surface area contributed by atoms with Crippen LogP contribution in [0.25, 0.3) is 0 Å². The van der Waals surface area contributed by atoms with Crippen LogP contribution in [0, 0.1) is 18.6 Å². The summed E-state index contributed by atoms with van der Waals surface area (Å²) in [4.78, 5) is 11.9. The Bertz CT molecular complexity index is 638. The zero-order valence-electron chi connectivity index (χ0n) is 11.4. The van der Waals surface area contributed by atoms with E-state index in [1.54, 1.807) is 18.2 Å². The SMILES string of the molecule is Cc1cccc(C(=O)NCC(O)c2c(F)cccc2F)c1. The molecule has 2 aromatic rings. The summed E-state index contributed by atoms with van der Waals surface area (Å²) in [7, 11) is 0. The van der Waals surface area contributed by atoms with Crippen molar-refractivity contribution in [1.82, 2.24) is 5.32 Å². The van der Waals surface area contributed by atoms with Gasteiger partial charge >= 0.3 is 0 Å². The summed E-state index contributed by atoms with van der Waals surface area (Å²) in [6.07, 6.45) is -1.44. The minimum atomic E-state index is -1.44. The summed E-state index contributed by atoms with van der Waals surface area (Å²) < 4.78 is 27.0. The fourth-order valence-corrected chi connectivity index (χ4v) is 2.01. The van der Waals surface area contributed by atoms with Gasteiger partial charge in [0.05, 0.1) is 5.56 Å². The lowest BCUT2D eigenvalue weighted by Gasteiger charge is -2.14. The van der Waals surface area contributed by atoms with E-state index in [4.69, 9.17) is 0 Å². The van der Waals surface area contributed by atoms with E-state index in [0.717, 1.165) is 17.7 Å². The third-order valence-electron chi connectivity index (χ3n) is 3.07. The number of nitrogens with one attached hydrogen (secondary N) is 1. The molecule has 1 atom stereocenters. The van der Waals surface area contributed by atoms with Crippen LogP contribution in [0.15, 0.2) is 42.5 Å². The van der Waals surface area contributed by atoms with Crippen molar-refractivity contribution in [3.8, 4) is 0 Å². The summed E-state index contributed by atoms with van der Waals surface area (Å²) in [5.41, 5.74) is 0.904. The second-order valence-electron chi connectivity index (χ2n) is 4.73. The van der Waals surface area contributed by atoms with Gasteiger partial charge in [-0.25, -0.2) is 8.78 Å². The highest BCUT2D eigenvalue weighted by Crippen LogP contribution is 2.20. The molecule has 110 valence electrons. The Labute approximate surface area is 121 Å². The van der Waals surface area contributed by atoms with Crippen LogP contribution in [0.4, 0.5) is 8.78 Å². The summed E-state index contributed by atoms with van der Waals surface area (Å²) in [6.45, 7) is 1.57. The molecule has 0 bridgehead atoms. The number of carbonyl (C=O) groups excluding carboxylic acids is 1. The molecule has 0 saturated heterocycles. The number of carbonyl (C=O) groups is 1. The molecule has 1 amide bonds. The Morgan fingerprint density at radius 3 is 2.43 bits per heavy atom. The lowest BCUT2D eigenvalue weighted by atomic mass is 10.1. The predicted molar refractivity (Wildman–Crippen MR) is 74.8 cm³/mol. The molecule has 0 radical (unpaired) electrons. The molecule has 2 aromatic carbocycles. The van der Waals surface area contributed by atoms with Gasteiger partial charge in [0.2, 0.25) is 0 Å². The van der Waals surface area contributed by atoms with Gasteiger partial charge in [0.15, 0.2) is 0 Å². The molecular formula is C16H15F2NO2. The summed E-state index contributed by atoms with van der Waals surface area (Å²) >= 11 is 0. The van der Waals surface area contributed by atoms with Gasteiger partial charge in [0.1, 0.15) is 17.7 Å². The molecule has 2 rings (SSSR count). The predicted octanol–water partition coefficient (Wildman–Crippen LogP) is 2.74. The van der Waals surface area contributed by atoms with Crippen molar-refractivity contribution in [3.63, 3.8) is 0 Å². The first-order chi connectivity index (χ1) is 9.99. The third-order valence-corrected chi connectivity index (χ3v) is 3.07. The van der Waals surface area contributed by atoms with Gasteiger partial charge in [-0.15, -0.1) is 0 Å². The quantitative estimate of drug-likeness (QED) is 0.910. The van der Waals surface area contributed by atoms with E-state index in [0.29, 0.717) is 5.56 Å². The molecule has 0 spiro atoms. The van der Waals surface area contributed by atoms with Gasteiger partial charge < -0.3 is 10.4 Å². The molecule has 3 nitrogen and oxygen atoms in total. The molecule has 5 heteroatoms. The Morgan fingerprint density at radius 2 is 1.81 bits per heavy atom. The van der Waals surface area contributed by atoms with Crippen molar-refractivity contribution < 1.29 is 18.7 Å². The van der Waals surface area contributed by atoms with Crippen molar-refractivity contribution in [2.24, 2.45) is 0 Å². The Balaban J connectivity index is 2.04. The number of rotatable bonds is 4. The van der Waals surface area contributed by atoms with Gasteiger partial charge in [-0.1, -0.05) is 23.8 Å². The molecule has 1 unspecified atom stereocenters. The van der Waals surface area contributed by atoms with E-state index >= 15 is 0 Å². The molecule has 2 N–H and O–H groups in total. The number of benzene rings is 2. The van der Waals surface area contributed by atoms with Gasteiger partial charge in [-0.2, -0.15) is 0 Å². The van der Waals surface area contributed by atoms with Crippen LogP contribution in [-0.4, -0.2) is 17.6 Å². The summed E-state index contributed by atoms with van der Waals surface area (Å²) in [5.74, 6) is -2.09. The normalized spacial score (nSPS) is 12.0. The van der Waals surface area contributed by atoms with Crippen molar-refractivity contribution in [2.45, 2.75) is 13.0 Å². The second-order valence-corrected chi connectivity index (χ2v) is 4.73. The lowest BCUT2D eigenvalue weighted by Crippen LogP contribution is -2.29. The standard InChI is InChI=1S/C16H15F2NO2/c1-10-4-2-5-11(8-10)16(21)19-9-14(20)15-12(17)6-3-7-13(15)18/h2-8,14,20H,9H2,1H3,(H,19,21). The molecule has 0 fully saturated rings. The third kappa shape index (κ3) is 3.64. The van der Waals surface area contributed by atoms with Crippen LogP contribution < -0.4 is 5.32 Å². The van der Waals surface area contributed by atoms with Crippen molar-refractivity contribution in [1.29, 1.82) is 0 Å². The molecular weight excluding hydrogens is 276 g/mol. The van der Waals surface area contributed by atoms with Crippen LogP contribution in [0.2, 0.25) is 0 Å². The van der Waals surface area contributed by atoms with E-state index < -0.39 is 29.2 Å². The maximum atomic E-state index is 13.5.